The number of amides is 3. The molecule has 3 amide bonds. The maximum absolute atomic E-state index is 12.7. The van der Waals surface area contributed by atoms with Crippen LogP contribution < -0.4 is 10.6 Å². The number of halogens is 2. The molecule has 0 spiro atoms. The Hall–Kier alpha value is -1.39. The van der Waals surface area contributed by atoms with Gasteiger partial charge in [-0.25, -0.2) is 13.2 Å². The van der Waals surface area contributed by atoms with Crippen LogP contribution in [-0.2, 0) is 14.8 Å². The predicted octanol–water partition coefficient (Wildman–Crippen LogP) is 1.29. The Labute approximate surface area is 167 Å². The molecule has 1 aromatic rings. The van der Waals surface area contributed by atoms with E-state index in [4.69, 9.17) is 23.2 Å². The zero-order valence-electron chi connectivity index (χ0n) is 14.5. The SMILES string of the molecule is O=C(CN1CCN(S(=O)(=O)c2ccc(Cl)c(Cl)c2)CC1)NC(=O)NC1CC1. The summed E-state index contributed by atoms with van der Waals surface area (Å²) in [4.78, 5) is 25.4. The van der Waals surface area contributed by atoms with Crippen LogP contribution in [-0.4, -0.2) is 68.3 Å². The first-order valence-corrected chi connectivity index (χ1v) is 10.7. The molecule has 1 heterocycles. The first-order valence-electron chi connectivity index (χ1n) is 8.53. The molecule has 3 rings (SSSR count). The molecule has 0 radical (unpaired) electrons. The van der Waals surface area contributed by atoms with Crippen LogP contribution >= 0.6 is 23.2 Å². The van der Waals surface area contributed by atoms with Crippen LogP contribution in [0.5, 0.6) is 0 Å². The molecule has 1 aromatic carbocycles. The molecule has 0 bridgehead atoms. The van der Waals surface area contributed by atoms with Gasteiger partial charge in [-0.3, -0.25) is 15.0 Å². The topological polar surface area (TPSA) is 98.8 Å². The largest absolute Gasteiger partial charge is 0.335 e. The number of nitrogens with zero attached hydrogens (tertiary/aromatic N) is 2. The lowest BCUT2D eigenvalue weighted by Crippen LogP contribution is -2.52. The minimum absolute atomic E-state index is 0.0404. The Morgan fingerprint density at radius 2 is 1.74 bits per heavy atom. The summed E-state index contributed by atoms with van der Waals surface area (Å²) in [6, 6.07) is 3.89. The van der Waals surface area contributed by atoms with E-state index in [1.165, 1.54) is 22.5 Å². The van der Waals surface area contributed by atoms with Crippen LogP contribution in [0, 0.1) is 0 Å². The third-order valence-corrected chi connectivity index (χ3v) is 7.03. The van der Waals surface area contributed by atoms with Crippen LogP contribution in [0.2, 0.25) is 10.0 Å². The number of hydrogen-bond acceptors (Lipinski definition) is 5. The normalized spacial score (nSPS) is 18.9. The molecule has 0 aromatic heterocycles. The second-order valence-corrected chi connectivity index (χ2v) is 9.30. The monoisotopic (exact) mass is 434 g/mol. The molecule has 8 nitrogen and oxygen atoms in total. The van der Waals surface area contributed by atoms with Crippen molar-refractivity contribution in [1.29, 1.82) is 0 Å². The highest BCUT2D eigenvalue weighted by Gasteiger charge is 2.30. The number of carbonyl (C=O) groups is 2. The van der Waals surface area contributed by atoms with E-state index in [-0.39, 0.29) is 40.6 Å². The average Bonchev–Trinajstić information content (AvgIpc) is 3.41. The van der Waals surface area contributed by atoms with Gasteiger partial charge in [-0.05, 0) is 31.0 Å². The lowest BCUT2D eigenvalue weighted by atomic mass is 10.3. The van der Waals surface area contributed by atoms with E-state index in [1.807, 2.05) is 0 Å². The highest BCUT2D eigenvalue weighted by Crippen LogP contribution is 2.27. The predicted molar refractivity (Wildman–Crippen MR) is 101 cm³/mol. The van der Waals surface area contributed by atoms with Crippen LogP contribution in [0.1, 0.15) is 12.8 Å². The fourth-order valence-electron chi connectivity index (χ4n) is 2.73. The first kappa shape index (κ1) is 20.3. The van der Waals surface area contributed by atoms with Gasteiger partial charge in [0.1, 0.15) is 0 Å². The van der Waals surface area contributed by atoms with Gasteiger partial charge in [0, 0.05) is 32.2 Å². The Morgan fingerprint density at radius 3 is 2.33 bits per heavy atom. The Bertz CT molecular complexity index is 837. The zero-order chi connectivity index (χ0) is 19.6. The summed E-state index contributed by atoms with van der Waals surface area (Å²) in [5, 5.41) is 5.43. The molecule has 148 valence electrons. The molecule has 27 heavy (non-hydrogen) atoms. The molecule has 1 saturated heterocycles. The molecule has 2 fully saturated rings. The zero-order valence-corrected chi connectivity index (χ0v) is 16.8. The standard InChI is InChI=1S/C16H20Cl2N4O4S/c17-13-4-3-12(9-14(13)18)27(25,26)22-7-5-21(6-8-22)10-15(23)20-16(24)19-11-1-2-11/h3-4,9,11H,1-2,5-8,10H2,(H2,19,20,23,24). The van der Waals surface area contributed by atoms with Crippen molar-refractivity contribution in [2.24, 2.45) is 0 Å². The Morgan fingerprint density at radius 1 is 1.07 bits per heavy atom. The van der Waals surface area contributed by atoms with E-state index in [1.54, 1.807) is 4.90 Å². The lowest BCUT2D eigenvalue weighted by molar-refractivity contribution is -0.121. The van der Waals surface area contributed by atoms with Gasteiger partial charge in [-0.2, -0.15) is 4.31 Å². The molecular weight excluding hydrogens is 415 g/mol. The summed E-state index contributed by atoms with van der Waals surface area (Å²) in [7, 11) is -3.68. The fourth-order valence-corrected chi connectivity index (χ4v) is 4.54. The molecule has 11 heteroatoms. The van der Waals surface area contributed by atoms with Gasteiger partial charge < -0.3 is 5.32 Å². The first-order chi connectivity index (χ1) is 12.8. The van der Waals surface area contributed by atoms with E-state index in [9.17, 15) is 18.0 Å². The molecule has 0 atom stereocenters. The average molecular weight is 435 g/mol. The number of benzene rings is 1. The summed E-state index contributed by atoms with van der Waals surface area (Å²) in [5.74, 6) is -0.408. The Kier molecular flexibility index (Phi) is 6.27. The molecule has 1 saturated carbocycles. The third-order valence-electron chi connectivity index (χ3n) is 4.39. The van der Waals surface area contributed by atoms with Gasteiger partial charge in [-0.15, -0.1) is 0 Å². The molecule has 2 aliphatic rings. The molecule has 0 unspecified atom stereocenters. The maximum atomic E-state index is 12.7. The molecular formula is C16H20Cl2N4O4S. The number of nitrogens with one attached hydrogen (secondary N) is 2. The van der Waals surface area contributed by atoms with Gasteiger partial charge in [0.05, 0.1) is 21.5 Å². The summed E-state index contributed by atoms with van der Waals surface area (Å²) >= 11 is 11.8. The van der Waals surface area contributed by atoms with Crippen molar-refractivity contribution in [2.75, 3.05) is 32.7 Å². The van der Waals surface area contributed by atoms with Crippen LogP contribution in [0.4, 0.5) is 4.79 Å². The summed E-state index contributed by atoms with van der Waals surface area (Å²) in [5.41, 5.74) is 0. The minimum atomic E-state index is -3.68. The Balaban J connectivity index is 1.50. The number of hydrogen-bond donors (Lipinski definition) is 2. The second-order valence-electron chi connectivity index (χ2n) is 6.55. The van der Waals surface area contributed by atoms with Crippen LogP contribution in [0.15, 0.2) is 23.1 Å². The molecule has 1 aliphatic carbocycles. The van der Waals surface area contributed by atoms with Crippen molar-refractivity contribution in [3.63, 3.8) is 0 Å². The van der Waals surface area contributed by atoms with Crippen molar-refractivity contribution in [2.45, 2.75) is 23.8 Å². The number of carbonyl (C=O) groups excluding carboxylic acids is 2. The van der Waals surface area contributed by atoms with Crippen molar-refractivity contribution < 1.29 is 18.0 Å². The quantitative estimate of drug-likeness (QED) is 0.727. The van der Waals surface area contributed by atoms with E-state index >= 15 is 0 Å². The second kappa shape index (κ2) is 8.32. The van der Waals surface area contributed by atoms with Gasteiger partial charge in [0.15, 0.2) is 0 Å². The van der Waals surface area contributed by atoms with E-state index in [0.29, 0.717) is 13.1 Å². The van der Waals surface area contributed by atoms with Gasteiger partial charge in [0.25, 0.3) is 0 Å². The van der Waals surface area contributed by atoms with Crippen LogP contribution in [0.25, 0.3) is 0 Å². The molecule has 1 aliphatic heterocycles. The summed E-state index contributed by atoms with van der Waals surface area (Å²) < 4.78 is 26.8. The number of urea groups is 1. The number of rotatable bonds is 5. The van der Waals surface area contributed by atoms with Gasteiger partial charge in [0.2, 0.25) is 15.9 Å². The van der Waals surface area contributed by atoms with Gasteiger partial charge >= 0.3 is 6.03 Å². The number of imide groups is 1. The lowest BCUT2D eigenvalue weighted by Gasteiger charge is -2.33. The fraction of sp³-hybridized carbons (Fsp3) is 0.500. The minimum Gasteiger partial charge on any atom is -0.335 e. The smallest absolute Gasteiger partial charge is 0.321 e. The van der Waals surface area contributed by atoms with E-state index in [2.05, 4.69) is 10.6 Å². The van der Waals surface area contributed by atoms with Crippen molar-refractivity contribution in [3.05, 3.63) is 28.2 Å². The highest BCUT2D eigenvalue weighted by molar-refractivity contribution is 7.89. The third kappa shape index (κ3) is 5.32. The maximum Gasteiger partial charge on any atom is 0.321 e. The molecule has 2 N–H and O–H groups in total. The van der Waals surface area contributed by atoms with Crippen molar-refractivity contribution in [3.8, 4) is 0 Å². The highest BCUT2D eigenvalue weighted by atomic mass is 35.5. The van der Waals surface area contributed by atoms with E-state index < -0.39 is 22.0 Å². The summed E-state index contributed by atoms with van der Waals surface area (Å²) in [6.45, 7) is 1.30. The van der Waals surface area contributed by atoms with Crippen molar-refractivity contribution >= 4 is 45.2 Å². The van der Waals surface area contributed by atoms with E-state index in [0.717, 1.165) is 12.8 Å². The number of piperazine rings is 1. The number of sulfonamides is 1. The van der Waals surface area contributed by atoms with Crippen molar-refractivity contribution in [1.82, 2.24) is 19.8 Å². The summed E-state index contributed by atoms with van der Waals surface area (Å²) in [6.07, 6.45) is 1.88. The van der Waals surface area contributed by atoms with Gasteiger partial charge in [-0.1, -0.05) is 23.2 Å². The van der Waals surface area contributed by atoms with Crippen LogP contribution in [0.3, 0.4) is 0 Å².